The van der Waals surface area contributed by atoms with Gasteiger partial charge in [-0.1, -0.05) is 6.07 Å². The number of thiophene rings is 1. The number of rotatable bonds is 7. The second-order valence-corrected chi connectivity index (χ2v) is 5.23. The quantitative estimate of drug-likeness (QED) is 0.851. The Morgan fingerprint density at radius 2 is 1.65 bits per heavy atom. The summed E-state index contributed by atoms with van der Waals surface area (Å²) in [4.78, 5) is 1.31. The number of hydrogen-bond donors (Lipinski definition) is 1. The minimum absolute atomic E-state index is 0.673. The molecule has 1 heterocycles. The summed E-state index contributed by atoms with van der Waals surface area (Å²) in [6.45, 7) is 1.55. The Morgan fingerprint density at radius 1 is 0.950 bits per heavy atom. The van der Waals surface area contributed by atoms with Gasteiger partial charge in [-0.15, -0.1) is 11.3 Å². The summed E-state index contributed by atoms with van der Waals surface area (Å²) in [7, 11) is 4.91. The zero-order valence-corrected chi connectivity index (χ0v) is 12.8. The van der Waals surface area contributed by atoms with Gasteiger partial charge >= 0.3 is 0 Å². The minimum Gasteiger partial charge on any atom is -0.496 e. The first-order valence-electron chi connectivity index (χ1n) is 6.30. The van der Waals surface area contributed by atoms with Crippen molar-refractivity contribution >= 4 is 11.3 Å². The second-order valence-electron chi connectivity index (χ2n) is 4.20. The molecular formula is C15H19NO3S. The summed E-state index contributed by atoms with van der Waals surface area (Å²) in [6.07, 6.45) is 0. The van der Waals surface area contributed by atoms with Crippen LogP contribution in [0.3, 0.4) is 0 Å². The largest absolute Gasteiger partial charge is 0.496 e. The lowest BCUT2D eigenvalue weighted by Crippen LogP contribution is -2.12. The highest BCUT2D eigenvalue weighted by atomic mass is 32.1. The first-order chi connectivity index (χ1) is 9.78. The van der Waals surface area contributed by atoms with E-state index < -0.39 is 0 Å². The van der Waals surface area contributed by atoms with Gasteiger partial charge in [0.05, 0.1) is 21.3 Å². The third kappa shape index (κ3) is 3.43. The van der Waals surface area contributed by atoms with Gasteiger partial charge in [0.25, 0.3) is 0 Å². The summed E-state index contributed by atoms with van der Waals surface area (Å²) in [5.41, 5.74) is 1.04. The van der Waals surface area contributed by atoms with Gasteiger partial charge < -0.3 is 19.5 Å². The summed E-state index contributed by atoms with van der Waals surface area (Å²) >= 11 is 1.74. The van der Waals surface area contributed by atoms with Crippen molar-refractivity contribution in [3.8, 4) is 17.2 Å². The van der Waals surface area contributed by atoms with Crippen molar-refractivity contribution in [2.75, 3.05) is 21.3 Å². The van der Waals surface area contributed by atoms with Crippen molar-refractivity contribution < 1.29 is 14.2 Å². The van der Waals surface area contributed by atoms with E-state index in [1.54, 1.807) is 32.7 Å². The molecule has 2 aromatic rings. The van der Waals surface area contributed by atoms with Crippen molar-refractivity contribution in [1.29, 1.82) is 0 Å². The van der Waals surface area contributed by atoms with Crippen molar-refractivity contribution in [3.05, 3.63) is 40.1 Å². The Bertz CT molecular complexity index is 540. The van der Waals surface area contributed by atoms with Gasteiger partial charge in [-0.25, -0.2) is 0 Å². The van der Waals surface area contributed by atoms with Crippen LogP contribution >= 0.6 is 11.3 Å². The molecular weight excluding hydrogens is 274 g/mol. The van der Waals surface area contributed by atoms with Gasteiger partial charge in [0.1, 0.15) is 5.75 Å². The summed E-state index contributed by atoms with van der Waals surface area (Å²) in [6, 6.07) is 7.96. The zero-order valence-electron chi connectivity index (χ0n) is 11.9. The maximum atomic E-state index is 5.40. The van der Waals surface area contributed by atoms with Crippen molar-refractivity contribution in [1.82, 2.24) is 5.32 Å². The lowest BCUT2D eigenvalue weighted by atomic mass is 10.1. The molecule has 5 heteroatoms. The van der Waals surface area contributed by atoms with Crippen LogP contribution in [-0.2, 0) is 13.1 Å². The lowest BCUT2D eigenvalue weighted by molar-refractivity contribution is 0.347. The molecule has 0 fully saturated rings. The molecule has 0 unspecified atom stereocenters. The third-order valence-electron chi connectivity index (χ3n) is 2.98. The van der Waals surface area contributed by atoms with E-state index in [1.165, 1.54) is 4.88 Å². The molecule has 0 aliphatic rings. The van der Waals surface area contributed by atoms with Crippen LogP contribution < -0.4 is 19.5 Å². The average molecular weight is 293 g/mol. The number of nitrogens with one attached hydrogen (secondary N) is 1. The molecule has 0 saturated carbocycles. The number of hydrogen-bond acceptors (Lipinski definition) is 5. The standard InChI is InChI=1S/C15H19NO3S/c1-17-13-8-15(19-3)14(18-2)7-11(13)9-16-10-12-5-4-6-20-12/h4-8,16H,9-10H2,1-3H3. The molecule has 0 spiro atoms. The van der Waals surface area contributed by atoms with Crippen LogP contribution in [0.5, 0.6) is 17.2 Å². The lowest BCUT2D eigenvalue weighted by Gasteiger charge is -2.14. The predicted octanol–water partition coefficient (Wildman–Crippen LogP) is 3.06. The molecule has 1 aromatic heterocycles. The molecule has 108 valence electrons. The van der Waals surface area contributed by atoms with Crippen LogP contribution in [-0.4, -0.2) is 21.3 Å². The van der Waals surface area contributed by atoms with Crippen LogP contribution in [0, 0.1) is 0 Å². The van der Waals surface area contributed by atoms with Gasteiger partial charge in [0.2, 0.25) is 0 Å². The van der Waals surface area contributed by atoms with E-state index in [1.807, 2.05) is 12.1 Å². The highest BCUT2D eigenvalue weighted by Gasteiger charge is 2.11. The van der Waals surface area contributed by atoms with Crippen LogP contribution in [0.25, 0.3) is 0 Å². The molecule has 1 N–H and O–H groups in total. The number of benzene rings is 1. The van der Waals surface area contributed by atoms with E-state index in [2.05, 4.69) is 22.8 Å². The van der Waals surface area contributed by atoms with E-state index in [0.29, 0.717) is 18.0 Å². The van der Waals surface area contributed by atoms with Crippen LogP contribution in [0.2, 0.25) is 0 Å². The molecule has 0 atom stereocenters. The molecule has 0 aliphatic heterocycles. The Balaban J connectivity index is 2.09. The Kier molecular flexibility index (Phi) is 5.26. The van der Waals surface area contributed by atoms with Gasteiger partial charge in [0, 0.05) is 29.6 Å². The fourth-order valence-corrected chi connectivity index (χ4v) is 2.64. The highest BCUT2D eigenvalue weighted by Crippen LogP contribution is 2.34. The SMILES string of the molecule is COc1cc(OC)c(OC)cc1CNCc1cccs1. The normalized spacial score (nSPS) is 10.3. The minimum atomic E-state index is 0.673. The van der Waals surface area contributed by atoms with Crippen LogP contribution in [0.4, 0.5) is 0 Å². The van der Waals surface area contributed by atoms with E-state index in [-0.39, 0.29) is 0 Å². The molecule has 0 saturated heterocycles. The molecule has 0 radical (unpaired) electrons. The third-order valence-corrected chi connectivity index (χ3v) is 3.86. The van der Waals surface area contributed by atoms with Crippen molar-refractivity contribution in [3.63, 3.8) is 0 Å². The van der Waals surface area contributed by atoms with E-state index in [4.69, 9.17) is 14.2 Å². The predicted molar refractivity (Wildman–Crippen MR) is 81.0 cm³/mol. The van der Waals surface area contributed by atoms with E-state index in [0.717, 1.165) is 17.9 Å². The van der Waals surface area contributed by atoms with Crippen molar-refractivity contribution in [2.45, 2.75) is 13.1 Å². The first kappa shape index (κ1) is 14.7. The maximum absolute atomic E-state index is 5.40. The summed E-state index contributed by atoms with van der Waals surface area (Å²) in [5, 5.41) is 5.48. The van der Waals surface area contributed by atoms with Crippen molar-refractivity contribution in [2.24, 2.45) is 0 Å². The van der Waals surface area contributed by atoms with E-state index >= 15 is 0 Å². The van der Waals surface area contributed by atoms with Crippen LogP contribution in [0.15, 0.2) is 29.6 Å². The van der Waals surface area contributed by atoms with E-state index in [9.17, 15) is 0 Å². The first-order valence-corrected chi connectivity index (χ1v) is 7.18. The molecule has 0 aliphatic carbocycles. The topological polar surface area (TPSA) is 39.7 Å². The summed E-state index contributed by atoms with van der Waals surface area (Å²) in [5.74, 6) is 2.17. The number of methoxy groups -OCH3 is 3. The average Bonchev–Trinajstić information content (AvgIpc) is 2.99. The van der Waals surface area contributed by atoms with Gasteiger partial charge in [-0.3, -0.25) is 0 Å². The molecule has 1 aromatic carbocycles. The van der Waals surface area contributed by atoms with Gasteiger partial charge in [-0.2, -0.15) is 0 Å². The van der Waals surface area contributed by atoms with Gasteiger partial charge in [0.15, 0.2) is 11.5 Å². The molecule has 2 rings (SSSR count). The fourth-order valence-electron chi connectivity index (χ4n) is 1.96. The zero-order chi connectivity index (χ0) is 14.4. The highest BCUT2D eigenvalue weighted by molar-refractivity contribution is 7.09. The Labute approximate surface area is 123 Å². The second kappa shape index (κ2) is 7.17. The van der Waals surface area contributed by atoms with Crippen LogP contribution in [0.1, 0.15) is 10.4 Å². The molecule has 20 heavy (non-hydrogen) atoms. The maximum Gasteiger partial charge on any atom is 0.164 e. The smallest absolute Gasteiger partial charge is 0.164 e. The monoisotopic (exact) mass is 293 g/mol. The molecule has 0 bridgehead atoms. The Morgan fingerprint density at radius 3 is 2.25 bits per heavy atom. The number of ether oxygens (including phenoxy) is 3. The fraction of sp³-hybridized carbons (Fsp3) is 0.333. The molecule has 0 amide bonds. The molecule has 4 nitrogen and oxygen atoms in total. The summed E-state index contributed by atoms with van der Waals surface area (Å²) < 4.78 is 16.0. The van der Waals surface area contributed by atoms with Gasteiger partial charge in [-0.05, 0) is 17.5 Å². The Hall–Kier alpha value is -1.72.